The van der Waals surface area contributed by atoms with Crippen LogP contribution in [-0.2, 0) is 19.4 Å². The molecule has 0 spiro atoms. The molecule has 23 heavy (non-hydrogen) atoms. The highest BCUT2D eigenvalue weighted by atomic mass is 32.2. The average molecular weight is 339 g/mol. The van der Waals surface area contributed by atoms with E-state index in [-0.39, 0.29) is 29.0 Å². The fourth-order valence-electron chi connectivity index (χ4n) is 2.60. The molecule has 0 aliphatic carbocycles. The lowest BCUT2D eigenvalue weighted by atomic mass is 10.0. The number of carbonyl (C=O) groups excluding carboxylic acids is 2. The molecule has 1 aromatic carbocycles. The van der Waals surface area contributed by atoms with E-state index in [1.54, 1.807) is 4.90 Å². The number of amides is 1. The van der Waals surface area contributed by atoms with Crippen molar-refractivity contribution in [3.8, 4) is 0 Å². The van der Waals surface area contributed by atoms with Gasteiger partial charge in [0.2, 0.25) is 0 Å². The number of ether oxygens (including phenoxy) is 1. The van der Waals surface area contributed by atoms with Crippen LogP contribution in [0.3, 0.4) is 0 Å². The Balaban J connectivity index is 1.93. The van der Waals surface area contributed by atoms with Crippen LogP contribution in [0.4, 0.5) is 0 Å². The second kappa shape index (κ2) is 7.12. The van der Waals surface area contributed by atoms with Crippen LogP contribution >= 0.6 is 0 Å². The summed E-state index contributed by atoms with van der Waals surface area (Å²) in [4.78, 5) is 25.9. The first-order valence-electron chi connectivity index (χ1n) is 7.56. The molecular formula is C16H21NO5S. The minimum Gasteiger partial charge on any atom is -0.452 e. The third-order valence-electron chi connectivity index (χ3n) is 3.97. The summed E-state index contributed by atoms with van der Waals surface area (Å²) in [6.45, 7) is 2.39. The normalized spacial score (nSPS) is 18.5. The number of hydrogen-bond acceptors (Lipinski definition) is 5. The molecule has 0 saturated carbocycles. The Bertz CT molecular complexity index is 681. The number of sulfone groups is 1. The topological polar surface area (TPSA) is 80.8 Å². The summed E-state index contributed by atoms with van der Waals surface area (Å²) < 4.78 is 27.8. The summed E-state index contributed by atoms with van der Waals surface area (Å²) in [6.07, 6.45) is 4.14. The van der Waals surface area contributed by atoms with E-state index in [1.807, 2.05) is 6.92 Å². The molecule has 1 aliphatic heterocycles. The Morgan fingerprint density at radius 2 is 1.87 bits per heavy atom. The van der Waals surface area contributed by atoms with E-state index in [2.05, 4.69) is 0 Å². The van der Waals surface area contributed by atoms with Crippen molar-refractivity contribution in [2.75, 3.05) is 19.4 Å². The minimum absolute atomic E-state index is 0.132. The quantitative estimate of drug-likeness (QED) is 0.779. The molecule has 0 bridgehead atoms. The van der Waals surface area contributed by atoms with Gasteiger partial charge in [-0.3, -0.25) is 4.79 Å². The number of nitrogens with zero attached hydrogens (tertiary/aromatic N) is 1. The number of carbonyl (C=O) groups is 2. The summed E-state index contributed by atoms with van der Waals surface area (Å²) in [7, 11) is -3.30. The number of benzene rings is 1. The summed E-state index contributed by atoms with van der Waals surface area (Å²) in [5, 5.41) is 0. The fourth-order valence-corrected chi connectivity index (χ4v) is 3.23. The van der Waals surface area contributed by atoms with Crippen LogP contribution in [0.1, 0.15) is 36.5 Å². The maximum atomic E-state index is 12.1. The predicted molar refractivity (Wildman–Crippen MR) is 84.9 cm³/mol. The third-order valence-corrected chi connectivity index (χ3v) is 5.10. The number of hydrogen-bond donors (Lipinski definition) is 0. The number of likely N-dealkylation sites (tertiary alicyclic amines) is 1. The molecular weight excluding hydrogens is 318 g/mol. The molecule has 126 valence electrons. The van der Waals surface area contributed by atoms with Crippen molar-refractivity contribution in [3.63, 3.8) is 0 Å². The molecule has 0 N–H and O–H groups in total. The smallest absolute Gasteiger partial charge is 0.338 e. The molecule has 0 unspecified atom stereocenters. The summed E-state index contributed by atoms with van der Waals surface area (Å²) in [5.41, 5.74) is 0.219. The van der Waals surface area contributed by atoms with Gasteiger partial charge in [-0.1, -0.05) is 0 Å². The van der Waals surface area contributed by atoms with E-state index >= 15 is 0 Å². The van der Waals surface area contributed by atoms with Crippen molar-refractivity contribution in [1.82, 2.24) is 4.90 Å². The van der Waals surface area contributed by atoms with Crippen molar-refractivity contribution in [1.29, 1.82) is 0 Å². The molecule has 1 fully saturated rings. The van der Waals surface area contributed by atoms with Gasteiger partial charge < -0.3 is 9.64 Å². The highest BCUT2D eigenvalue weighted by molar-refractivity contribution is 7.90. The van der Waals surface area contributed by atoms with Crippen molar-refractivity contribution in [3.05, 3.63) is 29.8 Å². The van der Waals surface area contributed by atoms with E-state index in [0.29, 0.717) is 6.54 Å². The van der Waals surface area contributed by atoms with Crippen LogP contribution in [0.15, 0.2) is 29.2 Å². The SMILES string of the molecule is C[C@H]1CCCCN1C(=O)COC(=O)c1ccc(S(C)(=O)=O)cc1. The molecule has 0 radical (unpaired) electrons. The molecule has 1 aromatic rings. The number of esters is 1. The van der Waals surface area contributed by atoms with Crippen molar-refractivity contribution in [2.45, 2.75) is 37.1 Å². The first-order chi connectivity index (χ1) is 10.8. The third kappa shape index (κ3) is 4.54. The van der Waals surface area contributed by atoms with Crippen molar-refractivity contribution in [2.24, 2.45) is 0 Å². The zero-order chi connectivity index (χ0) is 17.0. The van der Waals surface area contributed by atoms with E-state index in [0.717, 1.165) is 25.5 Å². The van der Waals surface area contributed by atoms with Gasteiger partial charge in [0.15, 0.2) is 16.4 Å². The number of piperidine rings is 1. The molecule has 7 heteroatoms. The van der Waals surface area contributed by atoms with Gasteiger partial charge >= 0.3 is 5.97 Å². The van der Waals surface area contributed by atoms with E-state index < -0.39 is 15.8 Å². The molecule has 1 atom stereocenters. The van der Waals surface area contributed by atoms with Gasteiger partial charge in [-0.25, -0.2) is 13.2 Å². The van der Waals surface area contributed by atoms with Gasteiger partial charge in [-0.15, -0.1) is 0 Å². The van der Waals surface area contributed by atoms with Gasteiger partial charge in [0.05, 0.1) is 10.5 Å². The summed E-state index contributed by atoms with van der Waals surface area (Å²) in [6, 6.07) is 5.63. The maximum Gasteiger partial charge on any atom is 0.338 e. The molecule has 0 aromatic heterocycles. The maximum absolute atomic E-state index is 12.1. The zero-order valence-corrected chi connectivity index (χ0v) is 14.1. The summed E-state index contributed by atoms with van der Waals surface area (Å²) in [5.74, 6) is -0.832. The Labute approximate surface area is 136 Å². The molecule has 1 aliphatic rings. The standard InChI is InChI=1S/C16H21NO5S/c1-12-5-3-4-10-17(12)15(18)11-22-16(19)13-6-8-14(9-7-13)23(2,20)21/h6-9,12H,3-5,10-11H2,1-2H3/t12-/m0/s1. The van der Waals surface area contributed by atoms with Crippen LogP contribution < -0.4 is 0 Å². The van der Waals surface area contributed by atoms with Gasteiger partial charge in [-0.05, 0) is 50.5 Å². The zero-order valence-electron chi connectivity index (χ0n) is 13.3. The van der Waals surface area contributed by atoms with Gasteiger partial charge in [0.1, 0.15) is 0 Å². The lowest BCUT2D eigenvalue weighted by molar-refractivity contribution is -0.137. The second-order valence-corrected chi connectivity index (χ2v) is 7.82. The minimum atomic E-state index is -3.30. The van der Waals surface area contributed by atoms with Crippen LogP contribution in [0.2, 0.25) is 0 Å². The van der Waals surface area contributed by atoms with Gasteiger partial charge in [-0.2, -0.15) is 0 Å². The average Bonchev–Trinajstić information content (AvgIpc) is 2.52. The lowest BCUT2D eigenvalue weighted by Crippen LogP contribution is -2.44. The van der Waals surface area contributed by atoms with Crippen LogP contribution in [-0.4, -0.2) is 50.6 Å². The predicted octanol–water partition coefficient (Wildman–Crippen LogP) is 1.65. The second-order valence-electron chi connectivity index (χ2n) is 5.80. The van der Waals surface area contributed by atoms with E-state index in [4.69, 9.17) is 4.74 Å². The molecule has 6 nitrogen and oxygen atoms in total. The van der Waals surface area contributed by atoms with Gasteiger partial charge in [0.25, 0.3) is 5.91 Å². The van der Waals surface area contributed by atoms with Crippen LogP contribution in [0.5, 0.6) is 0 Å². The Morgan fingerprint density at radius 1 is 1.22 bits per heavy atom. The Morgan fingerprint density at radius 3 is 2.43 bits per heavy atom. The summed E-state index contributed by atoms with van der Waals surface area (Å²) >= 11 is 0. The first-order valence-corrected chi connectivity index (χ1v) is 9.45. The lowest BCUT2D eigenvalue weighted by Gasteiger charge is -2.33. The van der Waals surface area contributed by atoms with Crippen LogP contribution in [0, 0.1) is 0 Å². The highest BCUT2D eigenvalue weighted by Crippen LogP contribution is 2.16. The molecule has 1 amide bonds. The first kappa shape index (κ1) is 17.5. The van der Waals surface area contributed by atoms with Crippen molar-refractivity contribution < 1.29 is 22.7 Å². The van der Waals surface area contributed by atoms with Gasteiger partial charge in [0, 0.05) is 18.8 Å². The Kier molecular flexibility index (Phi) is 5.41. The number of rotatable bonds is 4. The molecule has 1 saturated heterocycles. The largest absolute Gasteiger partial charge is 0.452 e. The van der Waals surface area contributed by atoms with Crippen molar-refractivity contribution >= 4 is 21.7 Å². The van der Waals surface area contributed by atoms with E-state index in [1.165, 1.54) is 24.3 Å². The molecule has 1 heterocycles. The van der Waals surface area contributed by atoms with Crippen LogP contribution in [0.25, 0.3) is 0 Å². The molecule has 2 rings (SSSR count). The Hall–Kier alpha value is -1.89. The van der Waals surface area contributed by atoms with E-state index in [9.17, 15) is 18.0 Å². The fraction of sp³-hybridized carbons (Fsp3) is 0.500. The highest BCUT2D eigenvalue weighted by Gasteiger charge is 2.24. The monoisotopic (exact) mass is 339 g/mol.